The quantitative estimate of drug-likeness (QED) is 0.690. The molecule has 1 heterocycles. The Morgan fingerprint density at radius 3 is 3.00 bits per heavy atom. The number of aromatic hydroxyl groups is 1. The second-order valence-electron chi connectivity index (χ2n) is 3.08. The molecule has 74 valence electrons. The first-order valence-electron chi connectivity index (χ1n) is 4.49. The molecule has 0 bridgehead atoms. The minimum absolute atomic E-state index is 0.257. The maximum absolute atomic E-state index is 9.63. The van der Waals surface area contributed by atoms with Crippen LogP contribution in [-0.4, -0.2) is 18.8 Å². The number of methoxy groups -OCH3 is 1. The first-order valence-corrected chi connectivity index (χ1v) is 4.49. The molecule has 0 atom stereocenters. The van der Waals surface area contributed by atoms with E-state index in [0.717, 1.165) is 5.56 Å². The van der Waals surface area contributed by atoms with Gasteiger partial charge in [0.05, 0.1) is 7.11 Å². The predicted octanol–water partition coefficient (Wildman–Crippen LogP) is 1.89. The van der Waals surface area contributed by atoms with E-state index in [9.17, 15) is 5.11 Å². The van der Waals surface area contributed by atoms with Crippen molar-refractivity contribution in [2.24, 2.45) is 0 Å². The monoisotopic (exact) mass is 192 g/mol. The van der Waals surface area contributed by atoms with Crippen LogP contribution in [0.25, 0.3) is 0 Å². The van der Waals surface area contributed by atoms with Gasteiger partial charge in [0.25, 0.3) is 0 Å². The summed E-state index contributed by atoms with van der Waals surface area (Å²) in [6.07, 6.45) is 4.59. The Labute approximate surface area is 82.6 Å². The summed E-state index contributed by atoms with van der Waals surface area (Å²) in [6.45, 7) is 0.521. The van der Waals surface area contributed by atoms with Crippen LogP contribution in [0.5, 0.6) is 17.2 Å². The molecule has 1 aromatic carbocycles. The van der Waals surface area contributed by atoms with Crippen LogP contribution in [0.4, 0.5) is 0 Å². The van der Waals surface area contributed by atoms with Gasteiger partial charge in [0.15, 0.2) is 11.5 Å². The molecule has 3 nitrogen and oxygen atoms in total. The van der Waals surface area contributed by atoms with Gasteiger partial charge in [-0.3, -0.25) is 0 Å². The van der Waals surface area contributed by atoms with Crippen LogP contribution in [0.1, 0.15) is 5.56 Å². The molecule has 1 aromatic rings. The Hall–Kier alpha value is -1.64. The van der Waals surface area contributed by atoms with Gasteiger partial charge in [0.2, 0.25) is 0 Å². The SMILES string of the molecule is COc1ccc(O)c2c1OCC=CC2. The lowest BCUT2D eigenvalue weighted by molar-refractivity contribution is 0.322. The average molecular weight is 192 g/mol. The van der Waals surface area contributed by atoms with Crippen LogP contribution in [0, 0.1) is 0 Å². The number of allylic oxidation sites excluding steroid dienone is 1. The van der Waals surface area contributed by atoms with Crippen molar-refractivity contribution in [3.8, 4) is 17.2 Å². The van der Waals surface area contributed by atoms with Gasteiger partial charge in [-0.05, 0) is 18.6 Å². The van der Waals surface area contributed by atoms with Crippen molar-refractivity contribution >= 4 is 0 Å². The third kappa shape index (κ3) is 1.41. The van der Waals surface area contributed by atoms with Crippen molar-refractivity contribution in [1.82, 2.24) is 0 Å². The highest BCUT2D eigenvalue weighted by atomic mass is 16.5. The summed E-state index contributed by atoms with van der Waals surface area (Å²) in [5.74, 6) is 1.58. The average Bonchev–Trinajstić information content (AvgIpc) is 2.44. The summed E-state index contributed by atoms with van der Waals surface area (Å²) in [6, 6.07) is 3.33. The molecule has 3 heteroatoms. The third-order valence-corrected chi connectivity index (χ3v) is 2.23. The first-order chi connectivity index (χ1) is 6.83. The molecule has 0 spiro atoms. The van der Waals surface area contributed by atoms with Crippen LogP contribution in [0.3, 0.4) is 0 Å². The summed E-state index contributed by atoms with van der Waals surface area (Å²) in [7, 11) is 1.59. The molecule has 2 rings (SSSR count). The predicted molar refractivity (Wildman–Crippen MR) is 53.0 cm³/mol. The molecule has 14 heavy (non-hydrogen) atoms. The van der Waals surface area contributed by atoms with Gasteiger partial charge in [-0.25, -0.2) is 0 Å². The van der Waals surface area contributed by atoms with Gasteiger partial charge < -0.3 is 14.6 Å². The molecule has 1 N–H and O–H groups in total. The molecule has 0 aromatic heterocycles. The summed E-state index contributed by atoms with van der Waals surface area (Å²) in [5.41, 5.74) is 0.790. The lowest BCUT2D eigenvalue weighted by Crippen LogP contribution is -1.97. The number of hydrogen-bond donors (Lipinski definition) is 1. The smallest absolute Gasteiger partial charge is 0.168 e. The lowest BCUT2D eigenvalue weighted by atomic mass is 10.1. The Morgan fingerprint density at radius 1 is 1.36 bits per heavy atom. The zero-order valence-electron chi connectivity index (χ0n) is 7.99. The van der Waals surface area contributed by atoms with Crippen LogP contribution in [0.15, 0.2) is 24.3 Å². The van der Waals surface area contributed by atoms with E-state index < -0.39 is 0 Å². The Bertz CT molecular complexity index is 369. The fourth-order valence-electron chi connectivity index (χ4n) is 1.51. The Morgan fingerprint density at radius 2 is 2.21 bits per heavy atom. The maximum atomic E-state index is 9.63. The zero-order valence-corrected chi connectivity index (χ0v) is 7.99. The number of ether oxygens (including phenoxy) is 2. The molecule has 0 saturated heterocycles. The van der Waals surface area contributed by atoms with E-state index in [2.05, 4.69) is 0 Å². The Kier molecular flexibility index (Phi) is 2.31. The molecule has 0 radical (unpaired) electrons. The fourth-order valence-corrected chi connectivity index (χ4v) is 1.51. The van der Waals surface area contributed by atoms with Crippen molar-refractivity contribution < 1.29 is 14.6 Å². The highest BCUT2D eigenvalue weighted by Gasteiger charge is 2.15. The summed E-state index contributed by atoms with van der Waals surface area (Å²) in [4.78, 5) is 0. The van der Waals surface area contributed by atoms with Crippen LogP contribution in [-0.2, 0) is 6.42 Å². The van der Waals surface area contributed by atoms with Crippen LogP contribution in [0.2, 0.25) is 0 Å². The van der Waals surface area contributed by atoms with Crippen molar-refractivity contribution in [2.75, 3.05) is 13.7 Å². The highest BCUT2D eigenvalue weighted by molar-refractivity contribution is 5.54. The molecule has 1 aliphatic heterocycles. The van der Waals surface area contributed by atoms with E-state index in [-0.39, 0.29) is 5.75 Å². The number of rotatable bonds is 1. The van der Waals surface area contributed by atoms with Gasteiger partial charge in [-0.2, -0.15) is 0 Å². The number of benzene rings is 1. The minimum Gasteiger partial charge on any atom is -0.508 e. The van der Waals surface area contributed by atoms with E-state index in [1.807, 2.05) is 12.2 Å². The fraction of sp³-hybridized carbons (Fsp3) is 0.273. The zero-order chi connectivity index (χ0) is 9.97. The molecule has 0 fully saturated rings. The van der Waals surface area contributed by atoms with Gasteiger partial charge in [-0.1, -0.05) is 12.2 Å². The van der Waals surface area contributed by atoms with Crippen molar-refractivity contribution in [3.63, 3.8) is 0 Å². The van der Waals surface area contributed by atoms with Gasteiger partial charge in [-0.15, -0.1) is 0 Å². The van der Waals surface area contributed by atoms with Crippen LogP contribution < -0.4 is 9.47 Å². The molecular formula is C11H12O3. The lowest BCUT2D eigenvalue weighted by Gasteiger charge is -2.12. The topological polar surface area (TPSA) is 38.7 Å². The summed E-state index contributed by atoms with van der Waals surface area (Å²) in [5, 5.41) is 9.63. The number of fused-ring (bicyclic) bond motifs is 1. The van der Waals surface area contributed by atoms with Gasteiger partial charge in [0.1, 0.15) is 12.4 Å². The summed E-state index contributed by atoms with van der Waals surface area (Å²) >= 11 is 0. The number of hydrogen-bond acceptors (Lipinski definition) is 3. The van der Waals surface area contributed by atoms with Gasteiger partial charge in [0, 0.05) is 5.56 Å². The minimum atomic E-state index is 0.257. The van der Waals surface area contributed by atoms with Crippen molar-refractivity contribution in [1.29, 1.82) is 0 Å². The van der Waals surface area contributed by atoms with E-state index in [1.54, 1.807) is 19.2 Å². The number of phenols is 1. The normalized spacial score (nSPS) is 14.1. The Balaban J connectivity index is 2.53. The van der Waals surface area contributed by atoms with E-state index in [0.29, 0.717) is 24.5 Å². The summed E-state index contributed by atoms with van der Waals surface area (Å²) < 4.78 is 10.6. The molecular weight excluding hydrogens is 180 g/mol. The standard InChI is InChI=1S/C11H12O3/c1-13-10-6-5-9(12)8-4-2-3-7-14-11(8)10/h2-3,5-6,12H,4,7H2,1H3. The van der Waals surface area contributed by atoms with Crippen molar-refractivity contribution in [3.05, 3.63) is 29.8 Å². The van der Waals surface area contributed by atoms with E-state index >= 15 is 0 Å². The van der Waals surface area contributed by atoms with E-state index in [4.69, 9.17) is 9.47 Å². The molecule has 0 aliphatic carbocycles. The number of phenolic OH excluding ortho intramolecular Hbond substituents is 1. The highest BCUT2D eigenvalue weighted by Crippen LogP contribution is 2.38. The third-order valence-electron chi connectivity index (χ3n) is 2.23. The van der Waals surface area contributed by atoms with Gasteiger partial charge >= 0.3 is 0 Å². The van der Waals surface area contributed by atoms with Crippen LogP contribution >= 0.6 is 0 Å². The molecule has 0 unspecified atom stereocenters. The second kappa shape index (κ2) is 3.62. The maximum Gasteiger partial charge on any atom is 0.168 e. The van der Waals surface area contributed by atoms with Crippen molar-refractivity contribution in [2.45, 2.75) is 6.42 Å². The second-order valence-corrected chi connectivity index (χ2v) is 3.08. The molecule has 0 saturated carbocycles. The first kappa shape index (κ1) is 8.94. The molecule has 1 aliphatic rings. The molecule has 0 amide bonds. The largest absolute Gasteiger partial charge is 0.508 e. The van der Waals surface area contributed by atoms with E-state index in [1.165, 1.54) is 0 Å².